The largest absolute Gasteiger partial charge is 0.433 e. The lowest BCUT2D eigenvalue weighted by atomic mass is 10.2. The predicted molar refractivity (Wildman–Crippen MR) is 64.6 cm³/mol. The number of nitrogens with zero attached hydrogens (tertiary/aromatic N) is 3. The van der Waals surface area contributed by atoms with Crippen LogP contribution in [-0.4, -0.2) is 18.1 Å². The van der Waals surface area contributed by atoms with Gasteiger partial charge in [0.1, 0.15) is 17.6 Å². The van der Waals surface area contributed by atoms with E-state index in [9.17, 15) is 13.2 Å². The summed E-state index contributed by atoms with van der Waals surface area (Å²) in [6, 6.07) is 3.99. The first-order chi connectivity index (χ1) is 9.02. The molecule has 0 saturated carbocycles. The van der Waals surface area contributed by atoms with Gasteiger partial charge in [-0.05, 0) is 25.0 Å². The van der Waals surface area contributed by atoms with Gasteiger partial charge in [0.15, 0.2) is 0 Å². The summed E-state index contributed by atoms with van der Waals surface area (Å²) in [6.07, 6.45) is -0.505. The summed E-state index contributed by atoms with van der Waals surface area (Å²) in [5.41, 5.74) is -0.736. The first-order valence-corrected chi connectivity index (χ1v) is 6.25. The van der Waals surface area contributed by atoms with Gasteiger partial charge in [-0.1, -0.05) is 12.8 Å². The van der Waals surface area contributed by atoms with Gasteiger partial charge in [-0.2, -0.15) is 18.4 Å². The average molecular weight is 269 g/mol. The third-order valence-electron chi connectivity index (χ3n) is 3.19. The molecule has 0 bridgehead atoms. The van der Waals surface area contributed by atoms with Gasteiger partial charge in [0, 0.05) is 13.1 Å². The third-order valence-corrected chi connectivity index (χ3v) is 3.19. The molecule has 19 heavy (non-hydrogen) atoms. The zero-order chi connectivity index (χ0) is 13.9. The minimum atomic E-state index is -4.48. The molecule has 0 amide bonds. The van der Waals surface area contributed by atoms with Crippen LogP contribution in [0.4, 0.5) is 19.0 Å². The molecule has 0 spiro atoms. The molecule has 0 atom stereocenters. The molecule has 1 fully saturated rings. The zero-order valence-corrected chi connectivity index (χ0v) is 10.4. The second-order valence-electron chi connectivity index (χ2n) is 4.58. The van der Waals surface area contributed by atoms with Gasteiger partial charge in [0.25, 0.3) is 0 Å². The number of pyridine rings is 1. The average Bonchev–Trinajstić information content (AvgIpc) is 2.65. The standard InChI is InChI=1S/C13H14F3N3/c14-13(15,16)11-6-5-10(9-17)12(18-11)19-7-3-1-2-4-8-19/h5-6H,1-4,7-8H2. The summed E-state index contributed by atoms with van der Waals surface area (Å²) < 4.78 is 38.1. The molecule has 1 saturated heterocycles. The van der Waals surface area contributed by atoms with E-state index in [1.165, 1.54) is 6.07 Å². The van der Waals surface area contributed by atoms with Gasteiger partial charge < -0.3 is 4.90 Å². The van der Waals surface area contributed by atoms with Crippen LogP contribution in [0.3, 0.4) is 0 Å². The Morgan fingerprint density at radius 2 is 1.74 bits per heavy atom. The lowest BCUT2D eigenvalue weighted by Gasteiger charge is -2.23. The van der Waals surface area contributed by atoms with Gasteiger partial charge in [0.2, 0.25) is 0 Å². The van der Waals surface area contributed by atoms with E-state index < -0.39 is 11.9 Å². The highest BCUT2D eigenvalue weighted by Gasteiger charge is 2.33. The number of nitriles is 1. The molecule has 1 aliphatic heterocycles. The van der Waals surface area contributed by atoms with E-state index in [1.807, 2.05) is 6.07 Å². The van der Waals surface area contributed by atoms with E-state index >= 15 is 0 Å². The van der Waals surface area contributed by atoms with Gasteiger partial charge in [0.05, 0.1) is 5.56 Å². The Morgan fingerprint density at radius 1 is 1.11 bits per heavy atom. The second-order valence-corrected chi connectivity index (χ2v) is 4.58. The van der Waals surface area contributed by atoms with E-state index in [-0.39, 0.29) is 11.4 Å². The van der Waals surface area contributed by atoms with Crippen molar-refractivity contribution >= 4 is 5.82 Å². The van der Waals surface area contributed by atoms with Crippen molar-refractivity contribution in [3.8, 4) is 6.07 Å². The van der Waals surface area contributed by atoms with Crippen molar-refractivity contribution in [3.63, 3.8) is 0 Å². The van der Waals surface area contributed by atoms with Crippen LogP contribution in [0.2, 0.25) is 0 Å². The van der Waals surface area contributed by atoms with E-state index in [2.05, 4.69) is 4.98 Å². The summed E-state index contributed by atoms with van der Waals surface area (Å²) in [7, 11) is 0. The minimum absolute atomic E-state index is 0.166. The summed E-state index contributed by atoms with van der Waals surface area (Å²) in [5, 5.41) is 9.02. The molecule has 0 aromatic carbocycles. The Hall–Kier alpha value is -1.77. The SMILES string of the molecule is N#Cc1ccc(C(F)(F)F)nc1N1CCCCCC1. The van der Waals surface area contributed by atoms with Crippen LogP contribution in [0.15, 0.2) is 12.1 Å². The molecule has 0 aliphatic carbocycles. The third kappa shape index (κ3) is 3.16. The maximum Gasteiger partial charge on any atom is 0.433 e. The molecule has 0 N–H and O–H groups in total. The van der Waals surface area contributed by atoms with Crippen LogP contribution < -0.4 is 4.90 Å². The van der Waals surface area contributed by atoms with Gasteiger partial charge >= 0.3 is 6.18 Å². The van der Waals surface area contributed by atoms with Crippen LogP contribution in [0, 0.1) is 11.3 Å². The number of anilines is 1. The topological polar surface area (TPSA) is 39.9 Å². The Kier molecular flexibility index (Phi) is 3.93. The van der Waals surface area contributed by atoms with Gasteiger partial charge in [-0.15, -0.1) is 0 Å². The molecule has 102 valence electrons. The summed E-state index contributed by atoms with van der Waals surface area (Å²) >= 11 is 0. The molecule has 1 aromatic heterocycles. The fraction of sp³-hybridized carbons (Fsp3) is 0.538. The highest BCUT2D eigenvalue weighted by molar-refractivity contribution is 5.54. The van der Waals surface area contributed by atoms with Crippen molar-refractivity contribution in [2.24, 2.45) is 0 Å². The lowest BCUT2D eigenvalue weighted by Crippen LogP contribution is -2.27. The summed E-state index contributed by atoms with van der Waals surface area (Å²) in [5.74, 6) is 0.166. The Bertz CT molecular complexity index is 483. The normalized spacial score (nSPS) is 16.8. The number of hydrogen-bond donors (Lipinski definition) is 0. The van der Waals surface area contributed by atoms with Crippen molar-refractivity contribution in [1.29, 1.82) is 5.26 Å². The number of halogens is 3. The first kappa shape index (κ1) is 13.7. The quantitative estimate of drug-likeness (QED) is 0.785. The molecule has 1 aliphatic rings. The van der Waals surface area contributed by atoms with Crippen LogP contribution in [0.25, 0.3) is 0 Å². The van der Waals surface area contributed by atoms with Crippen LogP contribution in [0.1, 0.15) is 36.9 Å². The van der Waals surface area contributed by atoms with Crippen LogP contribution in [0.5, 0.6) is 0 Å². The molecule has 0 radical (unpaired) electrons. The Labute approximate surface area is 109 Å². The highest BCUT2D eigenvalue weighted by Crippen LogP contribution is 2.31. The Morgan fingerprint density at radius 3 is 2.26 bits per heavy atom. The van der Waals surface area contributed by atoms with Crippen molar-refractivity contribution in [1.82, 2.24) is 4.98 Å². The fourth-order valence-corrected chi connectivity index (χ4v) is 2.22. The van der Waals surface area contributed by atoms with Gasteiger partial charge in [-0.25, -0.2) is 4.98 Å². The molecule has 2 heterocycles. The number of rotatable bonds is 1. The lowest BCUT2D eigenvalue weighted by molar-refractivity contribution is -0.141. The predicted octanol–water partition coefficient (Wildman–Crippen LogP) is 3.35. The van der Waals surface area contributed by atoms with E-state index in [0.717, 1.165) is 31.7 Å². The fourth-order valence-electron chi connectivity index (χ4n) is 2.22. The molecule has 0 unspecified atom stereocenters. The van der Waals surface area contributed by atoms with E-state index in [4.69, 9.17) is 5.26 Å². The van der Waals surface area contributed by atoms with E-state index in [1.54, 1.807) is 4.90 Å². The van der Waals surface area contributed by atoms with Crippen molar-refractivity contribution in [2.75, 3.05) is 18.0 Å². The highest BCUT2D eigenvalue weighted by atomic mass is 19.4. The molecule has 1 aromatic rings. The van der Waals surface area contributed by atoms with Gasteiger partial charge in [-0.3, -0.25) is 0 Å². The molecular formula is C13H14F3N3. The van der Waals surface area contributed by atoms with Crippen LogP contribution >= 0.6 is 0 Å². The monoisotopic (exact) mass is 269 g/mol. The number of alkyl halides is 3. The zero-order valence-electron chi connectivity index (χ0n) is 10.4. The van der Waals surface area contributed by atoms with Crippen molar-refractivity contribution in [2.45, 2.75) is 31.9 Å². The van der Waals surface area contributed by atoms with Crippen molar-refractivity contribution < 1.29 is 13.2 Å². The summed E-state index contributed by atoms with van der Waals surface area (Å²) in [6.45, 7) is 1.31. The number of hydrogen-bond acceptors (Lipinski definition) is 3. The van der Waals surface area contributed by atoms with Crippen LogP contribution in [-0.2, 0) is 6.18 Å². The maximum atomic E-state index is 12.7. The molecule has 2 rings (SSSR count). The molecular weight excluding hydrogens is 255 g/mol. The maximum absolute atomic E-state index is 12.7. The van der Waals surface area contributed by atoms with Crippen molar-refractivity contribution in [3.05, 3.63) is 23.4 Å². The van der Waals surface area contributed by atoms with E-state index in [0.29, 0.717) is 13.1 Å². The smallest absolute Gasteiger partial charge is 0.356 e. The number of aromatic nitrogens is 1. The first-order valence-electron chi connectivity index (χ1n) is 6.25. The molecule has 6 heteroatoms. The second kappa shape index (κ2) is 5.47. The summed E-state index contributed by atoms with van der Waals surface area (Å²) in [4.78, 5) is 5.45. The Balaban J connectivity index is 2.38. The minimum Gasteiger partial charge on any atom is -0.356 e. The molecule has 3 nitrogen and oxygen atoms in total.